The number of morpholine rings is 1. The molecule has 1 saturated heterocycles. The maximum absolute atomic E-state index is 12.8. The topological polar surface area (TPSA) is 49.8 Å². The molecular weight excluding hydrogens is 266 g/mol. The molecule has 0 spiro atoms. The van der Waals surface area contributed by atoms with Gasteiger partial charge in [0.1, 0.15) is 6.61 Å². The van der Waals surface area contributed by atoms with Crippen LogP contribution in [-0.4, -0.2) is 47.8 Å². The van der Waals surface area contributed by atoms with Crippen LogP contribution >= 0.6 is 0 Å². The average molecular weight is 287 g/mol. The Kier molecular flexibility index (Phi) is 4.66. The van der Waals surface area contributed by atoms with E-state index >= 15 is 0 Å². The molecule has 0 bridgehead atoms. The number of carbonyl (C=O) groups excluding carboxylic acids is 1. The quantitative estimate of drug-likeness (QED) is 0.798. The Balaban J connectivity index is 2.32. The average Bonchev–Trinajstić information content (AvgIpc) is 2.43. The van der Waals surface area contributed by atoms with E-state index in [-0.39, 0.29) is 18.1 Å². The molecule has 0 aliphatic carbocycles. The lowest BCUT2D eigenvalue weighted by atomic mass is 9.99. The Hall–Kier alpha value is -1.83. The fourth-order valence-corrected chi connectivity index (χ4v) is 2.51. The molecule has 1 fully saturated rings. The molecule has 4 heteroatoms. The van der Waals surface area contributed by atoms with Crippen molar-refractivity contribution in [1.82, 2.24) is 4.90 Å². The van der Waals surface area contributed by atoms with Gasteiger partial charge in [-0.3, -0.25) is 4.79 Å². The molecular formula is C17H21NO3. The minimum Gasteiger partial charge on any atom is -0.384 e. The Morgan fingerprint density at radius 2 is 2.19 bits per heavy atom. The minimum absolute atomic E-state index is 0.000881. The Morgan fingerprint density at radius 3 is 2.86 bits per heavy atom. The van der Waals surface area contributed by atoms with Gasteiger partial charge in [-0.15, -0.1) is 0 Å². The smallest absolute Gasteiger partial charge is 0.254 e. The first-order valence-corrected chi connectivity index (χ1v) is 7.05. The molecule has 0 aromatic heterocycles. The molecule has 1 N–H and O–H groups in total. The molecule has 1 aliphatic rings. The van der Waals surface area contributed by atoms with E-state index in [1.54, 1.807) is 6.07 Å². The monoisotopic (exact) mass is 287 g/mol. The van der Waals surface area contributed by atoms with Crippen molar-refractivity contribution in [3.63, 3.8) is 0 Å². The standard InChI is InChI=1S/C17H21NO3/c1-13-9-14(5-4-7-19)11-15(10-13)16(20)18-6-8-21-12-17(18,2)3/h9-11,19H,6-8,12H2,1-3H3. The van der Waals surface area contributed by atoms with Crippen molar-refractivity contribution in [3.05, 3.63) is 34.9 Å². The fourth-order valence-electron chi connectivity index (χ4n) is 2.51. The number of rotatable bonds is 1. The van der Waals surface area contributed by atoms with Crippen LogP contribution in [-0.2, 0) is 4.74 Å². The van der Waals surface area contributed by atoms with Crippen LogP contribution in [0.5, 0.6) is 0 Å². The maximum Gasteiger partial charge on any atom is 0.254 e. The second-order valence-electron chi connectivity index (χ2n) is 5.87. The molecule has 1 aromatic carbocycles. The molecule has 0 radical (unpaired) electrons. The van der Waals surface area contributed by atoms with E-state index in [2.05, 4.69) is 11.8 Å². The molecule has 0 saturated carbocycles. The van der Waals surface area contributed by atoms with E-state index in [4.69, 9.17) is 9.84 Å². The summed E-state index contributed by atoms with van der Waals surface area (Å²) in [4.78, 5) is 14.6. The first kappa shape index (κ1) is 15.6. The van der Waals surface area contributed by atoms with E-state index in [1.165, 1.54) is 0 Å². The third kappa shape index (κ3) is 3.63. The lowest BCUT2D eigenvalue weighted by molar-refractivity contribution is -0.0370. The van der Waals surface area contributed by atoms with E-state index < -0.39 is 0 Å². The molecule has 2 rings (SSSR count). The summed E-state index contributed by atoms with van der Waals surface area (Å²) >= 11 is 0. The minimum atomic E-state index is -0.310. The van der Waals surface area contributed by atoms with Crippen LogP contribution < -0.4 is 0 Å². The van der Waals surface area contributed by atoms with Gasteiger partial charge in [-0.25, -0.2) is 0 Å². The van der Waals surface area contributed by atoms with Crippen LogP contribution in [0.2, 0.25) is 0 Å². The van der Waals surface area contributed by atoms with Crippen molar-refractivity contribution >= 4 is 5.91 Å². The summed E-state index contributed by atoms with van der Waals surface area (Å²) in [6, 6.07) is 5.56. The van der Waals surface area contributed by atoms with Gasteiger partial charge in [0.2, 0.25) is 0 Å². The van der Waals surface area contributed by atoms with Crippen LogP contribution in [0.25, 0.3) is 0 Å². The number of amides is 1. The number of hydrogen-bond donors (Lipinski definition) is 1. The van der Waals surface area contributed by atoms with Crippen molar-refractivity contribution in [2.75, 3.05) is 26.4 Å². The van der Waals surface area contributed by atoms with Gasteiger partial charge in [0.15, 0.2) is 0 Å². The summed E-state index contributed by atoms with van der Waals surface area (Å²) in [5.74, 6) is 5.47. The number of aryl methyl sites for hydroxylation is 1. The number of nitrogens with zero attached hydrogens (tertiary/aromatic N) is 1. The third-order valence-electron chi connectivity index (χ3n) is 3.53. The van der Waals surface area contributed by atoms with Gasteiger partial charge in [0.25, 0.3) is 5.91 Å². The van der Waals surface area contributed by atoms with Crippen molar-refractivity contribution in [2.45, 2.75) is 26.3 Å². The van der Waals surface area contributed by atoms with E-state index in [0.717, 1.165) is 11.1 Å². The summed E-state index contributed by atoms with van der Waals surface area (Å²) in [5, 5.41) is 8.79. The summed E-state index contributed by atoms with van der Waals surface area (Å²) < 4.78 is 5.46. The SMILES string of the molecule is Cc1cc(C#CCO)cc(C(=O)N2CCOCC2(C)C)c1. The van der Waals surface area contributed by atoms with Gasteiger partial charge < -0.3 is 14.7 Å². The molecule has 1 amide bonds. The van der Waals surface area contributed by atoms with Crippen LogP contribution in [0.4, 0.5) is 0 Å². The number of carbonyl (C=O) groups is 1. The van der Waals surface area contributed by atoms with Crippen molar-refractivity contribution < 1.29 is 14.6 Å². The predicted molar refractivity (Wildman–Crippen MR) is 81.1 cm³/mol. The Morgan fingerprint density at radius 1 is 1.43 bits per heavy atom. The first-order valence-electron chi connectivity index (χ1n) is 7.05. The number of benzene rings is 1. The zero-order valence-electron chi connectivity index (χ0n) is 12.8. The van der Waals surface area contributed by atoms with E-state index in [0.29, 0.717) is 25.3 Å². The molecule has 21 heavy (non-hydrogen) atoms. The number of hydrogen-bond acceptors (Lipinski definition) is 3. The summed E-state index contributed by atoms with van der Waals surface area (Å²) in [6.45, 7) is 7.47. The lowest BCUT2D eigenvalue weighted by Gasteiger charge is -2.42. The maximum atomic E-state index is 12.8. The molecule has 4 nitrogen and oxygen atoms in total. The van der Waals surface area contributed by atoms with Gasteiger partial charge in [-0.05, 0) is 44.5 Å². The van der Waals surface area contributed by atoms with Crippen molar-refractivity contribution in [2.24, 2.45) is 0 Å². The van der Waals surface area contributed by atoms with Crippen LogP contribution in [0, 0.1) is 18.8 Å². The van der Waals surface area contributed by atoms with Gasteiger partial charge in [0, 0.05) is 17.7 Å². The third-order valence-corrected chi connectivity index (χ3v) is 3.53. The molecule has 0 atom stereocenters. The highest BCUT2D eigenvalue weighted by Gasteiger charge is 2.34. The van der Waals surface area contributed by atoms with Crippen molar-refractivity contribution in [1.29, 1.82) is 0 Å². The molecule has 0 unspecified atom stereocenters. The van der Waals surface area contributed by atoms with Gasteiger partial charge in [-0.2, -0.15) is 0 Å². The summed E-state index contributed by atoms with van der Waals surface area (Å²) in [7, 11) is 0. The van der Waals surface area contributed by atoms with Crippen molar-refractivity contribution in [3.8, 4) is 11.8 Å². The van der Waals surface area contributed by atoms with Crippen LogP contribution in [0.3, 0.4) is 0 Å². The fraction of sp³-hybridized carbons (Fsp3) is 0.471. The van der Waals surface area contributed by atoms with Crippen LogP contribution in [0.1, 0.15) is 35.3 Å². The second kappa shape index (κ2) is 6.30. The van der Waals surface area contributed by atoms with Crippen LogP contribution in [0.15, 0.2) is 18.2 Å². The Labute approximate surface area is 125 Å². The normalized spacial score (nSPS) is 17.0. The highest BCUT2D eigenvalue weighted by molar-refractivity contribution is 5.95. The van der Waals surface area contributed by atoms with E-state index in [9.17, 15) is 4.79 Å². The molecule has 112 valence electrons. The van der Waals surface area contributed by atoms with Gasteiger partial charge in [-0.1, -0.05) is 11.8 Å². The van der Waals surface area contributed by atoms with E-state index in [1.807, 2.05) is 37.8 Å². The van der Waals surface area contributed by atoms with Gasteiger partial charge in [0.05, 0.1) is 18.8 Å². The number of aliphatic hydroxyl groups is 1. The molecule has 1 aromatic rings. The largest absolute Gasteiger partial charge is 0.384 e. The zero-order chi connectivity index (χ0) is 15.5. The number of aliphatic hydroxyl groups excluding tert-OH is 1. The number of ether oxygens (including phenoxy) is 1. The lowest BCUT2D eigenvalue weighted by Crippen LogP contribution is -2.55. The zero-order valence-corrected chi connectivity index (χ0v) is 12.8. The first-order chi connectivity index (χ1) is 9.94. The molecule has 1 aliphatic heterocycles. The highest BCUT2D eigenvalue weighted by atomic mass is 16.5. The Bertz CT molecular complexity index is 596. The highest BCUT2D eigenvalue weighted by Crippen LogP contribution is 2.22. The molecule has 1 heterocycles. The predicted octanol–water partition coefficient (Wildman–Crippen LogP) is 1.59. The van der Waals surface area contributed by atoms with Gasteiger partial charge >= 0.3 is 0 Å². The summed E-state index contributed by atoms with van der Waals surface area (Å²) in [5.41, 5.74) is 2.05. The second-order valence-corrected chi connectivity index (χ2v) is 5.87. The summed E-state index contributed by atoms with van der Waals surface area (Å²) in [6.07, 6.45) is 0.